The first-order chi connectivity index (χ1) is 13.0. The third kappa shape index (κ3) is 4.34. The molecule has 6 heteroatoms. The zero-order chi connectivity index (χ0) is 19.4. The van der Waals surface area contributed by atoms with Gasteiger partial charge in [-0.05, 0) is 30.2 Å². The van der Waals surface area contributed by atoms with Crippen LogP contribution in [0.4, 0.5) is 0 Å². The van der Waals surface area contributed by atoms with Crippen LogP contribution >= 0.6 is 11.8 Å². The second-order valence-electron chi connectivity index (χ2n) is 6.15. The van der Waals surface area contributed by atoms with Gasteiger partial charge in [0.1, 0.15) is 5.75 Å². The fourth-order valence-corrected chi connectivity index (χ4v) is 4.28. The predicted octanol–water partition coefficient (Wildman–Crippen LogP) is 3.92. The van der Waals surface area contributed by atoms with Crippen molar-refractivity contribution in [3.05, 3.63) is 71.4 Å². The van der Waals surface area contributed by atoms with Gasteiger partial charge < -0.3 is 14.8 Å². The largest absolute Gasteiger partial charge is 0.497 e. The molecule has 0 bridgehead atoms. The molecule has 1 amide bonds. The van der Waals surface area contributed by atoms with Crippen molar-refractivity contribution in [2.24, 2.45) is 0 Å². The molecular weight excluding hydrogens is 362 g/mol. The number of hydrogen-bond donors (Lipinski definition) is 1. The third-order valence-electron chi connectivity index (χ3n) is 4.20. The van der Waals surface area contributed by atoms with Crippen molar-refractivity contribution in [2.75, 3.05) is 7.11 Å². The molecule has 0 radical (unpaired) electrons. The highest BCUT2D eigenvalue weighted by atomic mass is 32.2. The van der Waals surface area contributed by atoms with Gasteiger partial charge >= 0.3 is 5.97 Å². The molecule has 0 saturated carbocycles. The molecule has 1 N–H and O–H groups in total. The number of thioether (sulfide) groups is 1. The van der Waals surface area contributed by atoms with Crippen LogP contribution in [0.25, 0.3) is 4.91 Å². The van der Waals surface area contributed by atoms with Gasteiger partial charge in [0.25, 0.3) is 5.91 Å². The summed E-state index contributed by atoms with van der Waals surface area (Å²) in [6, 6.07) is 17.3. The molecule has 3 rings (SSSR count). The molecule has 2 aromatic rings. The van der Waals surface area contributed by atoms with Crippen LogP contribution in [0.2, 0.25) is 0 Å². The van der Waals surface area contributed by atoms with Crippen LogP contribution in [-0.2, 0) is 14.3 Å². The molecule has 1 heterocycles. The standard InChI is InChI=1S/C21H21NO4S/c1-13-19(15-7-5-4-6-8-15)27-20(16-9-11-17(25-3)12-10-16)18(21(24)22-13)26-14(2)23/h4-12,18,20H,1-3H3,(H,22,24)/t18-,20-/m0/s1. The molecule has 0 saturated heterocycles. The van der Waals surface area contributed by atoms with Gasteiger partial charge in [-0.15, -0.1) is 11.8 Å². The Balaban J connectivity index is 2.05. The van der Waals surface area contributed by atoms with Gasteiger partial charge in [-0.2, -0.15) is 0 Å². The van der Waals surface area contributed by atoms with E-state index >= 15 is 0 Å². The average Bonchev–Trinajstić information content (AvgIpc) is 2.79. The number of carbonyl (C=O) groups excluding carboxylic acids is 2. The van der Waals surface area contributed by atoms with Crippen molar-refractivity contribution in [1.82, 2.24) is 5.32 Å². The van der Waals surface area contributed by atoms with E-state index in [1.165, 1.54) is 18.7 Å². The van der Waals surface area contributed by atoms with E-state index in [2.05, 4.69) is 5.32 Å². The molecule has 140 valence electrons. The van der Waals surface area contributed by atoms with Gasteiger partial charge in [0, 0.05) is 17.5 Å². The first-order valence-electron chi connectivity index (χ1n) is 8.54. The Labute approximate surface area is 162 Å². The molecule has 0 aromatic heterocycles. The SMILES string of the molecule is COc1ccc([C@@H]2SC(c3ccccc3)=C(C)NC(=O)[C@H]2OC(C)=O)cc1. The highest BCUT2D eigenvalue weighted by molar-refractivity contribution is 8.08. The van der Waals surface area contributed by atoms with Crippen LogP contribution in [0.1, 0.15) is 30.2 Å². The smallest absolute Gasteiger partial charge is 0.303 e. The summed E-state index contributed by atoms with van der Waals surface area (Å²) < 4.78 is 10.6. The minimum absolute atomic E-state index is 0.332. The average molecular weight is 383 g/mol. The number of carbonyl (C=O) groups is 2. The van der Waals surface area contributed by atoms with Crippen molar-refractivity contribution in [3.63, 3.8) is 0 Å². The molecule has 1 aliphatic rings. The highest BCUT2D eigenvalue weighted by Crippen LogP contribution is 2.46. The summed E-state index contributed by atoms with van der Waals surface area (Å²) in [5.74, 6) is -0.0992. The fourth-order valence-electron chi connectivity index (χ4n) is 2.93. The molecule has 5 nitrogen and oxygen atoms in total. The van der Waals surface area contributed by atoms with E-state index in [1.54, 1.807) is 7.11 Å². The molecule has 2 atom stereocenters. The van der Waals surface area contributed by atoms with Crippen LogP contribution in [0.5, 0.6) is 5.75 Å². The van der Waals surface area contributed by atoms with Crippen molar-refractivity contribution >= 4 is 28.5 Å². The molecule has 2 aromatic carbocycles. The summed E-state index contributed by atoms with van der Waals surface area (Å²) in [7, 11) is 1.60. The van der Waals surface area contributed by atoms with E-state index < -0.39 is 12.1 Å². The molecular formula is C21H21NO4S. The molecule has 0 aliphatic carbocycles. The lowest BCUT2D eigenvalue weighted by Gasteiger charge is -2.24. The van der Waals surface area contributed by atoms with E-state index in [4.69, 9.17) is 9.47 Å². The Kier molecular flexibility index (Phi) is 5.86. The minimum Gasteiger partial charge on any atom is -0.497 e. The Morgan fingerprint density at radius 2 is 1.74 bits per heavy atom. The second kappa shape index (κ2) is 8.31. The summed E-state index contributed by atoms with van der Waals surface area (Å²) in [4.78, 5) is 25.4. The van der Waals surface area contributed by atoms with Crippen molar-refractivity contribution in [2.45, 2.75) is 25.2 Å². The van der Waals surface area contributed by atoms with Gasteiger partial charge in [0.15, 0.2) is 6.10 Å². The van der Waals surface area contributed by atoms with Crippen LogP contribution in [0.3, 0.4) is 0 Å². The first-order valence-corrected chi connectivity index (χ1v) is 9.42. The normalized spacial score (nSPS) is 19.9. The highest BCUT2D eigenvalue weighted by Gasteiger charge is 2.37. The lowest BCUT2D eigenvalue weighted by atomic mass is 10.1. The fraction of sp³-hybridized carbons (Fsp3) is 0.238. The monoisotopic (exact) mass is 383 g/mol. The maximum atomic E-state index is 12.8. The van der Waals surface area contributed by atoms with Gasteiger partial charge in [-0.25, -0.2) is 0 Å². The Bertz CT molecular complexity index is 862. The van der Waals surface area contributed by atoms with Crippen molar-refractivity contribution in [1.29, 1.82) is 0 Å². The maximum Gasteiger partial charge on any atom is 0.303 e. The van der Waals surface area contributed by atoms with Crippen LogP contribution in [0, 0.1) is 0 Å². The summed E-state index contributed by atoms with van der Waals surface area (Å²) >= 11 is 1.51. The minimum atomic E-state index is -0.933. The summed E-state index contributed by atoms with van der Waals surface area (Å²) in [6.07, 6.45) is -0.933. The third-order valence-corrected chi connectivity index (χ3v) is 5.75. The van der Waals surface area contributed by atoms with Gasteiger partial charge in [-0.1, -0.05) is 42.5 Å². The quantitative estimate of drug-likeness (QED) is 0.811. The Morgan fingerprint density at radius 1 is 1.07 bits per heavy atom. The second-order valence-corrected chi connectivity index (χ2v) is 7.30. The van der Waals surface area contributed by atoms with Crippen LogP contribution in [-0.4, -0.2) is 25.1 Å². The van der Waals surface area contributed by atoms with Crippen molar-refractivity contribution < 1.29 is 19.1 Å². The zero-order valence-electron chi connectivity index (χ0n) is 15.4. The number of methoxy groups -OCH3 is 1. The van der Waals surface area contributed by atoms with Gasteiger partial charge in [0.05, 0.1) is 12.4 Å². The lowest BCUT2D eigenvalue weighted by molar-refractivity contribution is -0.153. The van der Waals surface area contributed by atoms with Gasteiger partial charge in [0.2, 0.25) is 0 Å². The number of rotatable bonds is 4. The van der Waals surface area contributed by atoms with E-state index in [0.717, 1.165) is 27.5 Å². The van der Waals surface area contributed by atoms with Crippen molar-refractivity contribution in [3.8, 4) is 5.75 Å². The Morgan fingerprint density at radius 3 is 2.33 bits per heavy atom. The van der Waals surface area contributed by atoms with E-state index in [9.17, 15) is 9.59 Å². The van der Waals surface area contributed by atoms with E-state index in [-0.39, 0.29) is 11.2 Å². The Hall–Kier alpha value is -2.73. The summed E-state index contributed by atoms with van der Waals surface area (Å²) in [6.45, 7) is 3.17. The zero-order valence-corrected chi connectivity index (χ0v) is 16.2. The number of ether oxygens (including phenoxy) is 2. The lowest BCUT2D eigenvalue weighted by Crippen LogP contribution is -2.38. The molecule has 0 spiro atoms. The summed E-state index contributed by atoms with van der Waals surface area (Å²) in [5.41, 5.74) is 2.62. The molecule has 0 unspecified atom stereocenters. The maximum absolute atomic E-state index is 12.8. The summed E-state index contributed by atoms with van der Waals surface area (Å²) in [5, 5.41) is 2.50. The van der Waals surface area contributed by atoms with E-state index in [1.807, 2.05) is 61.5 Å². The van der Waals surface area contributed by atoms with Crippen LogP contribution < -0.4 is 10.1 Å². The number of amides is 1. The number of nitrogens with one attached hydrogen (secondary N) is 1. The number of esters is 1. The molecule has 0 fully saturated rings. The van der Waals surface area contributed by atoms with Crippen LogP contribution in [0.15, 0.2) is 60.3 Å². The molecule has 27 heavy (non-hydrogen) atoms. The van der Waals surface area contributed by atoms with E-state index in [0.29, 0.717) is 0 Å². The predicted molar refractivity (Wildman–Crippen MR) is 106 cm³/mol. The van der Waals surface area contributed by atoms with Gasteiger partial charge in [-0.3, -0.25) is 9.59 Å². The number of allylic oxidation sites excluding steroid dienone is 1. The number of benzene rings is 2. The molecule has 1 aliphatic heterocycles. The topological polar surface area (TPSA) is 64.6 Å². The first kappa shape index (κ1) is 19.0. The number of hydrogen-bond acceptors (Lipinski definition) is 5.